The van der Waals surface area contributed by atoms with Crippen molar-refractivity contribution >= 4 is 29.9 Å². The first kappa shape index (κ1) is 18.9. The summed E-state index contributed by atoms with van der Waals surface area (Å²) in [5, 5.41) is 16.3. The van der Waals surface area contributed by atoms with Gasteiger partial charge in [-0.2, -0.15) is 0 Å². The number of aliphatic hydroxyl groups is 1. The van der Waals surface area contributed by atoms with Gasteiger partial charge in [-0.25, -0.2) is 0 Å². The smallest absolute Gasteiger partial charge is 0.194 e. The van der Waals surface area contributed by atoms with E-state index in [9.17, 15) is 5.11 Å². The van der Waals surface area contributed by atoms with E-state index >= 15 is 0 Å². The largest absolute Gasteiger partial charge is 0.391 e. The zero-order valence-corrected chi connectivity index (χ0v) is 14.9. The predicted molar refractivity (Wildman–Crippen MR) is 91.3 cm³/mol. The number of aliphatic imine (C=N–C) groups is 1. The number of guanidine groups is 1. The van der Waals surface area contributed by atoms with E-state index in [4.69, 9.17) is 0 Å². The fourth-order valence-corrected chi connectivity index (χ4v) is 1.95. The van der Waals surface area contributed by atoms with Gasteiger partial charge < -0.3 is 20.6 Å². The first-order chi connectivity index (χ1) is 8.42. The van der Waals surface area contributed by atoms with Gasteiger partial charge in [-0.05, 0) is 34.1 Å². The van der Waals surface area contributed by atoms with Gasteiger partial charge in [0.25, 0.3) is 0 Å². The molecule has 5 nitrogen and oxygen atoms in total. The summed E-state index contributed by atoms with van der Waals surface area (Å²) in [6, 6.07) is 0. The molecule has 3 N–H and O–H groups in total. The van der Waals surface area contributed by atoms with Crippen molar-refractivity contribution in [2.75, 3.05) is 32.7 Å². The maximum Gasteiger partial charge on any atom is 0.194 e. The van der Waals surface area contributed by atoms with Crippen LogP contribution in [0.25, 0.3) is 0 Å². The van der Waals surface area contributed by atoms with E-state index in [2.05, 4.69) is 48.2 Å². The van der Waals surface area contributed by atoms with Crippen molar-refractivity contribution in [2.45, 2.75) is 45.8 Å². The average molecular weight is 384 g/mol. The fourth-order valence-electron chi connectivity index (χ4n) is 1.95. The summed E-state index contributed by atoms with van der Waals surface area (Å²) < 4.78 is 0. The SMILES string of the molecule is CCNC(=NCCNC(C)(C)C)N1CC[C@@H](O)C1.I. The number of aliphatic hydroxyl groups excluding tert-OH is 1. The maximum atomic E-state index is 9.56. The Morgan fingerprint density at radius 1 is 1.42 bits per heavy atom. The van der Waals surface area contributed by atoms with Gasteiger partial charge in [-0.3, -0.25) is 4.99 Å². The third-order valence-electron chi connectivity index (χ3n) is 2.83. The number of hydrogen-bond donors (Lipinski definition) is 3. The minimum absolute atomic E-state index is 0. The summed E-state index contributed by atoms with van der Waals surface area (Å²) in [5.41, 5.74) is 0.137. The quantitative estimate of drug-likeness (QED) is 0.293. The molecule has 6 heteroatoms. The summed E-state index contributed by atoms with van der Waals surface area (Å²) in [7, 11) is 0. The van der Waals surface area contributed by atoms with E-state index in [1.807, 2.05) is 0 Å². The Morgan fingerprint density at radius 3 is 2.58 bits per heavy atom. The van der Waals surface area contributed by atoms with Crippen LogP contribution in [0.2, 0.25) is 0 Å². The highest BCUT2D eigenvalue weighted by molar-refractivity contribution is 14.0. The lowest BCUT2D eigenvalue weighted by molar-refractivity contribution is 0.188. The molecule has 1 saturated heterocycles. The molecule has 0 aromatic rings. The van der Waals surface area contributed by atoms with Gasteiger partial charge >= 0.3 is 0 Å². The number of hydrogen-bond acceptors (Lipinski definition) is 3. The van der Waals surface area contributed by atoms with Crippen molar-refractivity contribution in [2.24, 2.45) is 4.99 Å². The van der Waals surface area contributed by atoms with Gasteiger partial charge in [0, 0.05) is 31.7 Å². The lowest BCUT2D eigenvalue weighted by Crippen LogP contribution is -2.42. The fraction of sp³-hybridized carbons (Fsp3) is 0.923. The number of halogens is 1. The van der Waals surface area contributed by atoms with Crippen molar-refractivity contribution in [3.63, 3.8) is 0 Å². The van der Waals surface area contributed by atoms with Gasteiger partial charge in [0.15, 0.2) is 5.96 Å². The van der Waals surface area contributed by atoms with Crippen LogP contribution in [0.3, 0.4) is 0 Å². The van der Waals surface area contributed by atoms with Crippen molar-refractivity contribution in [1.82, 2.24) is 15.5 Å². The van der Waals surface area contributed by atoms with Crippen LogP contribution in [0.4, 0.5) is 0 Å². The molecule has 1 heterocycles. The molecule has 1 fully saturated rings. The van der Waals surface area contributed by atoms with E-state index < -0.39 is 0 Å². The van der Waals surface area contributed by atoms with Crippen LogP contribution >= 0.6 is 24.0 Å². The summed E-state index contributed by atoms with van der Waals surface area (Å²) >= 11 is 0. The van der Waals surface area contributed by atoms with Gasteiger partial charge in [0.05, 0.1) is 12.6 Å². The maximum absolute atomic E-state index is 9.56. The van der Waals surface area contributed by atoms with E-state index in [-0.39, 0.29) is 35.6 Å². The number of nitrogens with zero attached hydrogens (tertiary/aromatic N) is 2. The molecule has 19 heavy (non-hydrogen) atoms. The molecule has 0 bridgehead atoms. The van der Waals surface area contributed by atoms with Crippen molar-refractivity contribution in [3.05, 3.63) is 0 Å². The average Bonchev–Trinajstić information content (AvgIpc) is 2.68. The second-order valence-corrected chi connectivity index (χ2v) is 5.80. The Hall–Kier alpha value is -0.0800. The molecule has 114 valence electrons. The van der Waals surface area contributed by atoms with Crippen molar-refractivity contribution in [3.8, 4) is 0 Å². The predicted octanol–water partition coefficient (Wildman–Crippen LogP) is 1.02. The number of likely N-dealkylation sites (tertiary alicyclic amines) is 1. The first-order valence-electron chi connectivity index (χ1n) is 6.88. The van der Waals surface area contributed by atoms with Crippen LogP contribution in [0, 0.1) is 0 Å². The molecule has 0 aromatic carbocycles. The standard InChI is InChI=1S/C13H28N4O.HI/c1-5-14-12(17-9-6-11(18)10-17)15-7-8-16-13(2,3)4;/h11,16,18H,5-10H2,1-4H3,(H,14,15);1H/t11-;/m1./s1. The topological polar surface area (TPSA) is 59.9 Å². The molecule has 0 radical (unpaired) electrons. The van der Waals surface area contributed by atoms with E-state index in [1.54, 1.807) is 0 Å². The Morgan fingerprint density at radius 2 is 2.11 bits per heavy atom. The number of rotatable bonds is 4. The molecular formula is C13H29IN4O. The van der Waals surface area contributed by atoms with Crippen LogP contribution in [0.1, 0.15) is 34.1 Å². The molecule has 1 atom stereocenters. The van der Waals surface area contributed by atoms with Gasteiger partial charge in [0.2, 0.25) is 0 Å². The number of nitrogens with one attached hydrogen (secondary N) is 2. The zero-order chi connectivity index (χ0) is 13.6. The highest BCUT2D eigenvalue weighted by Gasteiger charge is 2.22. The van der Waals surface area contributed by atoms with Crippen molar-refractivity contribution in [1.29, 1.82) is 0 Å². The van der Waals surface area contributed by atoms with E-state index in [1.165, 1.54) is 0 Å². The zero-order valence-electron chi connectivity index (χ0n) is 12.6. The van der Waals surface area contributed by atoms with Crippen molar-refractivity contribution < 1.29 is 5.11 Å². The summed E-state index contributed by atoms with van der Waals surface area (Å²) in [6.45, 7) is 12.6. The summed E-state index contributed by atoms with van der Waals surface area (Å²) in [5.74, 6) is 0.921. The summed E-state index contributed by atoms with van der Waals surface area (Å²) in [6.07, 6.45) is 0.631. The number of β-amino-alcohol motifs (C(OH)–C–C–N with tert-alkyl or cyclic N) is 1. The molecule has 0 aromatic heterocycles. The lowest BCUT2D eigenvalue weighted by Gasteiger charge is -2.22. The molecule has 0 aliphatic carbocycles. The lowest BCUT2D eigenvalue weighted by atomic mass is 10.1. The monoisotopic (exact) mass is 384 g/mol. The van der Waals surface area contributed by atoms with Gasteiger partial charge in [-0.1, -0.05) is 0 Å². The highest BCUT2D eigenvalue weighted by atomic mass is 127. The van der Waals surface area contributed by atoms with Crippen LogP contribution in [0.15, 0.2) is 4.99 Å². The Kier molecular flexibility index (Phi) is 8.93. The Balaban J connectivity index is 0.00000324. The first-order valence-corrected chi connectivity index (χ1v) is 6.88. The molecule has 1 aliphatic heterocycles. The Labute approximate surface area is 134 Å². The minimum Gasteiger partial charge on any atom is -0.391 e. The normalized spacial score (nSPS) is 20.4. The third kappa shape index (κ3) is 7.94. The van der Waals surface area contributed by atoms with Gasteiger partial charge in [0.1, 0.15) is 0 Å². The Bertz CT molecular complexity index is 278. The van der Waals surface area contributed by atoms with Crippen LogP contribution in [-0.2, 0) is 0 Å². The third-order valence-corrected chi connectivity index (χ3v) is 2.83. The molecule has 0 amide bonds. The molecule has 0 saturated carbocycles. The minimum atomic E-state index is -0.207. The van der Waals surface area contributed by atoms with Crippen LogP contribution in [-0.4, -0.2) is 60.3 Å². The molecule has 1 rings (SSSR count). The second-order valence-electron chi connectivity index (χ2n) is 5.80. The molecule has 0 spiro atoms. The van der Waals surface area contributed by atoms with Crippen LogP contribution in [0.5, 0.6) is 0 Å². The summed E-state index contributed by atoms with van der Waals surface area (Å²) in [4.78, 5) is 6.72. The van der Waals surface area contributed by atoms with E-state index in [0.717, 1.165) is 38.6 Å². The molecular weight excluding hydrogens is 355 g/mol. The second kappa shape index (κ2) is 8.97. The highest BCUT2D eigenvalue weighted by Crippen LogP contribution is 2.08. The van der Waals surface area contributed by atoms with Gasteiger partial charge in [-0.15, -0.1) is 24.0 Å². The molecule has 0 unspecified atom stereocenters. The van der Waals surface area contributed by atoms with E-state index in [0.29, 0.717) is 6.54 Å². The molecule has 1 aliphatic rings. The van der Waals surface area contributed by atoms with Crippen LogP contribution < -0.4 is 10.6 Å².